The summed E-state index contributed by atoms with van der Waals surface area (Å²) in [6.07, 6.45) is 2.07. The van der Waals surface area contributed by atoms with Crippen molar-refractivity contribution in [2.45, 2.75) is 25.9 Å². The normalized spacial score (nSPS) is 15.2. The first-order valence-corrected chi connectivity index (χ1v) is 10.4. The molecule has 31 heavy (non-hydrogen) atoms. The zero-order valence-corrected chi connectivity index (χ0v) is 17.8. The van der Waals surface area contributed by atoms with E-state index < -0.39 is 0 Å². The minimum absolute atomic E-state index is 0.0584. The topological polar surface area (TPSA) is 88.7 Å². The maximum Gasteiger partial charge on any atom is 0.251 e. The number of nitrogens with one attached hydrogen (secondary N) is 3. The molecule has 164 valence electrons. The van der Waals surface area contributed by atoms with Crippen LogP contribution in [0.2, 0.25) is 0 Å². The molecule has 0 aliphatic carbocycles. The molecule has 2 aromatic carbocycles. The minimum atomic E-state index is -0.230. The number of hydrogen-bond acceptors (Lipinski definition) is 5. The number of ether oxygens (including phenoxy) is 2. The van der Waals surface area contributed by atoms with Crippen molar-refractivity contribution in [1.29, 1.82) is 0 Å². The van der Waals surface area contributed by atoms with Gasteiger partial charge in [-0.05, 0) is 55.7 Å². The second-order valence-electron chi connectivity index (χ2n) is 7.57. The molecule has 0 spiro atoms. The van der Waals surface area contributed by atoms with Crippen molar-refractivity contribution in [2.75, 3.05) is 36.9 Å². The third-order valence-electron chi connectivity index (χ3n) is 4.72. The summed E-state index contributed by atoms with van der Waals surface area (Å²) in [4.78, 5) is 24.8. The Labute approximate surface area is 182 Å². The van der Waals surface area contributed by atoms with Gasteiger partial charge in [0.25, 0.3) is 5.91 Å². The average Bonchev–Trinajstić information content (AvgIpc) is 3.29. The highest BCUT2D eigenvalue weighted by Gasteiger charge is 2.17. The quantitative estimate of drug-likeness (QED) is 0.508. The first-order valence-electron chi connectivity index (χ1n) is 10.4. The first-order chi connectivity index (χ1) is 15.0. The maximum absolute atomic E-state index is 12.4. The van der Waals surface area contributed by atoms with E-state index in [1.165, 1.54) is 0 Å². The van der Waals surface area contributed by atoms with E-state index in [4.69, 9.17) is 9.47 Å². The molecule has 0 aromatic heterocycles. The van der Waals surface area contributed by atoms with Crippen molar-refractivity contribution in [2.24, 2.45) is 0 Å². The van der Waals surface area contributed by atoms with E-state index in [2.05, 4.69) is 22.5 Å². The lowest BCUT2D eigenvalue weighted by atomic mass is 10.1. The van der Waals surface area contributed by atoms with Gasteiger partial charge in [0, 0.05) is 24.4 Å². The summed E-state index contributed by atoms with van der Waals surface area (Å²) in [6.45, 7) is 7.43. The number of carbonyl (C=O) groups excluding carboxylic acids is 2. The molecular formula is C24H29N3O4. The molecular weight excluding hydrogens is 394 g/mol. The monoisotopic (exact) mass is 423 g/mol. The van der Waals surface area contributed by atoms with Crippen LogP contribution in [0.4, 0.5) is 11.4 Å². The predicted molar refractivity (Wildman–Crippen MR) is 122 cm³/mol. The Bertz CT molecular complexity index is 923. The molecule has 1 atom stereocenters. The standard InChI is InChI=1S/C24H29N3O4/c1-17(2)16-31-22-11-4-3-10-21(22)25-15-23(28)27-19-8-5-7-18(13-19)24(29)26-14-20-9-6-12-30-20/h3-5,7-8,10-11,13,20,25H,1,6,9,12,14-16H2,2H3,(H,26,29)(H,27,28). The first kappa shape index (κ1) is 22.4. The largest absolute Gasteiger partial charge is 0.487 e. The van der Waals surface area contributed by atoms with E-state index in [9.17, 15) is 9.59 Å². The SMILES string of the molecule is C=C(C)COc1ccccc1NCC(=O)Nc1cccc(C(=O)NCC2CCCO2)c1. The molecule has 1 heterocycles. The van der Waals surface area contributed by atoms with E-state index in [1.807, 2.05) is 31.2 Å². The van der Waals surface area contributed by atoms with Crippen LogP contribution < -0.4 is 20.7 Å². The summed E-state index contributed by atoms with van der Waals surface area (Å²) in [6, 6.07) is 14.3. The molecule has 2 amide bonds. The van der Waals surface area contributed by atoms with Gasteiger partial charge in [0.1, 0.15) is 12.4 Å². The maximum atomic E-state index is 12.4. The van der Waals surface area contributed by atoms with Gasteiger partial charge in [-0.25, -0.2) is 0 Å². The highest BCUT2D eigenvalue weighted by molar-refractivity contribution is 5.98. The summed E-state index contributed by atoms with van der Waals surface area (Å²) in [5, 5.41) is 8.78. The molecule has 0 saturated carbocycles. The second-order valence-corrected chi connectivity index (χ2v) is 7.57. The van der Waals surface area contributed by atoms with E-state index in [-0.39, 0.29) is 24.5 Å². The third-order valence-corrected chi connectivity index (χ3v) is 4.72. The Morgan fingerprint density at radius 1 is 1.19 bits per heavy atom. The highest BCUT2D eigenvalue weighted by atomic mass is 16.5. The summed E-state index contributed by atoms with van der Waals surface area (Å²) in [5.41, 5.74) is 2.68. The molecule has 0 radical (unpaired) electrons. The number of hydrogen-bond donors (Lipinski definition) is 3. The number of para-hydroxylation sites is 2. The molecule has 3 N–H and O–H groups in total. The average molecular weight is 424 g/mol. The molecule has 1 saturated heterocycles. The number of anilines is 2. The van der Waals surface area contributed by atoms with Crippen LogP contribution in [0.3, 0.4) is 0 Å². The van der Waals surface area contributed by atoms with E-state index >= 15 is 0 Å². The smallest absolute Gasteiger partial charge is 0.251 e. The van der Waals surface area contributed by atoms with Gasteiger partial charge < -0.3 is 25.4 Å². The molecule has 3 rings (SSSR count). The molecule has 1 aliphatic rings. The van der Waals surface area contributed by atoms with Crippen molar-refractivity contribution in [3.63, 3.8) is 0 Å². The van der Waals surface area contributed by atoms with Crippen LogP contribution in [0.15, 0.2) is 60.7 Å². The highest BCUT2D eigenvalue weighted by Crippen LogP contribution is 2.24. The number of benzene rings is 2. The van der Waals surface area contributed by atoms with Crippen LogP contribution in [0, 0.1) is 0 Å². The Kier molecular flexibility index (Phi) is 8.06. The van der Waals surface area contributed by atoms with Crippen LogP contribution >= 0.6 is 0 Å². The van der Waals surface area contributed by atoms with Gasteiger partial charge in [-0.2, -0.15) is 0 Å². The van der Waals surface area contributed by atoms with Gasteiger partial charge in [-0.1, -0.05) is 24.8 Å². The van der Waals surface area contributed by atoms with Crippen LogP contribution in [-0.2, 0) is 9.53 Å². The predicted octanol–water partition coefficient (Wildman–Crippen LogP) is 3.60. The molecule has 7 heteroatoms. The second kappa shape index (κ2) is 11.2. The molecule has 1 aliphatic heterocycles. The lowest BCUT2D eigenvalue weighted by Crippen LogP contribution is -2.31. The number of rotatable bonds is 10. The molecule has 7 nitrogen and oxygen atoms in total. The zero-order chi connectivity index (χ0) is 22.1. The van der Waals surface area contributed by atoms with Crippen LogP contribution in [0.1, 0.15) is 30.1 Å². The Morgan fingerprint density at radius 2 is 2.03 bits per heavy atom. The van der Waals surface area contributed by atoms with Crippen LogP contribution in [-0.4, -0.2) is 44.2 Å². The Hall–Kier alpha value is -3.32. The van der Waals surface area contributed by atoms with Crippen molar-refractivity contribution in [3.8, 4) is 5.75 Å². The summed E-state index contributed by atoms with van der Waals surface area (Å²) in [7, 11) is 0. The minimum Gasteiger partial charge on any atom is -0.487 e. The van der Waals surface area contributed by atoms with Crippen LogP contribution in [0.5, 0.6) is 5.75 Å². The summed E-state index contributed by atoms with van der Waals surface area (Å²) in [5.74, 6) is 0.239. The zero-order valence-electron chi connectivity index (χ0n) is 17.8. The van der Waals surface area contributed by atoms with E-state index in [0.29, 0.717) is 30.2 Å². The Balaban J connectivity index is 1.51. The van der Waals surface area contributed by atoms with Gasteiger partial charge >= 0.3 is 0 Å². The summed E-state index contributed by atoms with van der Waals surface area (Å²) < 4.78 is 11.2. The third kappa shape index (κ3) is 7.15. The van der Waals surface area contributed by atoms with Gasteiger partial charge in [0.05, 0.1) is 18.3 Å². The van der Waals surface area contributed by atoms with E-state index in [0.717, 1.165) is 30.7 Å². The molecule has 1 unspecified atom stereocenters. The van der Waals surface area contributed by atoms with Gasteiger partial charge in [-0.15, -0.1) is 0 Å². The van der Waals surface area contributed by atoms with Gasteiger partial charge in [0.2, 0.25) is 5.91 Å². The summed E-state index contributed by atoms with van der Waals surface area (Å²) >= 11 is 0. The fraction of sp³-hybridized carbons (Fsp3) is 0.333. The van der Waals surface area contributed by atoms with Crippen molar-refractivity contribution in [3.05, 3.63) is 66.2 Å². The van der Waals surface area contributed by atoms with E-state index in [1.54, 1.807) is 24.3 Å². The van der Waals surface area contributed by atoms with Crippen molar-refractivity contribution < 1.29 is 19.1 Å². The lowest BCUT2D eigenvalue weighted by molar-refractivity contribution is -0.114. The fourth-order valence-corrected chi connectivity index (χ4v) is 3.17. The van der Waals surface area contributed by atoms with Gasteiger partial charge in [0.15, 0.2) is 0 Å². The van der Waals surface area contributed by atoms with Crippen LogP contribution in [0.25, 0.3) is 0 Å². The lowest BCUT2D eigenvalue weighted by Gasteiger charge is -2.14. The number of amides is 2. The van der Waals surface area contributed by atoms with Crippen molar-refractivity contribution >= 4 is 23.2 Å². The molecule has 2 aromatic rings. The van der Waals surface area contributed by atoms with Crippen molar-refractivity contribution in [1.82, 2.24) is 5.32 Å². The molecule has 1 fully saturated rings. The van der Waals surface area contributed by atoms with Gasteiger partial charge in [-0.3, -0.25) is 9.59 Å². The number of carbonyl (C=O) groups is 2. The Morgan fingerprint density at radius 3 is 2.81 bits per heavy atom. The fourth-order valence-electron chi connectivity index (χ4n) is 3.17. The molecule has 0 bridgehead atoms.